The van der Waals surface area contributed by atoms with E-state index >= 15 is 0 Å². The van der Waals surface area contributed by atoms with E-state index in [4.69, 9.17) is 10.5 Å². The molecule has 0 aliphatic heterocycles. The van der Waals surface area contributed by atoms with Crippen molar-refractivity contribution < 1.29 is 22.7 Å². The maximum Gasteiger partial charge on any atom is 0.418 e. The van der Waals surface area contributed by atoms with Crippen molar-refractivity contribution in [1.29, 1.82) is 0 Å². The number of carbonyl (C=O) groups is 1. The SMILES string of the molecule is COc1ccc(NC(=O)C2(CN)CC2)c(C(F)(F)F)c1. The van der Waals surface area contributed by atoms with Crippen molar-refractivity contribution >= 4 is 11.6 Å². The second-order valence-electron chi connectivity index (χ2n) is 4.85. The molecule has 0 aromatic heterocycles. The van der Waals surface area contributed by atoms with Crippen LogP contribution in [0.4, 0.5) is 18.9 Å². The van der Waals surface area contributed by atoms with Gasteiger partial charge in [0.05, 0.1) is 23.8 Å². The number of ether oxygens (including phenoxy) is 1. The molecule has 2 rings (SSSR count). The minimum atomic E-state index is -4.57. The molecule has 1 saturated carbocycles. The van der Waals surface area contributed by atoms with Crippen molar-refractivity contribution in [2.75, 3.05) is 19.0 Å². The van der Waals surface area contributed by atoms with Gasteiger partial charge >= 0.3 is 6.18 Å². The molecule has 110 valence electrons. The fraction of sp³-hybridized carbons (Fsp3) is 0.462. The van der Waals surface area contributed by atoms with E-state index in [0.717, 1.165) is 6.07 Å². The van der Waals surface area contributed by atoms with Crippen molar-refractivity contribution in [2.24, 2.45) is 11.1 Å². The van der Waals surface area contributed by atoms with E-state index in [9.17, 15) is 18.0 Å². The van der Waals surface area contributed by atoms with Crippen LogP contribution < -0.4 is 15.8 Å². The minimum absolute atomic E-state index is 0.0790. The van der Waals surface area contributed by atoms with Crippen molar-refractivity contribution in [2.45, 2.75) is 19.0 Å². The summed E-state index contributed by atoms with van der Waals surface area (Å²) in [6.07, 6.45) is -3.36. The lowest BCUT2D eigenvalue weighted by Gasteiger charge is -2.17. The molecule has 1 aromatic carbocycles. The second-order valence-corrected chi connectivity index (χ2v) is 4.85. The van der Waals surface area contributed by atoms with Crippen molar-refractivity contribution in [3.05, 3.63) is 23.8 Å². The molecule has 1 aliphatic carbocycles. The maximum atomic E-state index is 13.0. The Morgan fingerprint density at radius 3 is 2.55 bits per heavy atom. The Kier molecular flexibility index (Phi) is 3.64. The van der Waals surface area contributed by atoms with E-state index in [2.05, 4.69) is 5.32 Å². The lowest BCUT2D eigenvalue weighted by Crippen LogP contribution is -2.31. The van der Waals surface area contributed by atoms with Gasteiger partial charge in [-0.05, 0) is 31.0 Å². The Labute approximate surface area is 114 Å². The standard InChI is InChI=1S/C13H15F3N2O2/c1-20-8-2-3-10(9(6-8)13(14,15)16)18-11(19)12(7-17)4-5-12/h2-3,6H,4-5,7,17H2,1H3,(H,18,19). The molecule has 1 aliphatic rings. The first-order valence-electron chi connectivity index (χ1n) is 6.09. The van der Waals surface area contributed by atoms with Gasteiger partial charge in [-0.1, -0.05) is 0 Å². The molecule has 0 radical (unpaired) electrons. The summed E-state index contributed by atoms with van der Waals surface area (Å²) in [6, 6.07) is 3.41. The van der Waals surface area contributed by atoms with Crippen LogP contribution in [0.1, 0.15) is 18.4 Å². The lowest BCUT2D eigenvalue weighted by molar-refractivity contribution is -0.137. The summed E-state index contributed by atoms with van der Waals surface area (Å²) in [4.78, 5) is 12.0. The van der Waals surface area contributed by atoms with Crippen LogP contribution in [0.5, 0.6) is 5.75 Å². The summed E-state index contributed by atoms with van der Waals surface area (Å²) >= 11 is 0. The zero-order chi connectivity index (χ0) is 15.0. The average Bonchev–Trinajstić information content (AvgIpc) is 3.19. The van der Waals surface area contributed by atoms with Gasteiger partial charge in [-0.2, -0.15) is 13.2 Å². The van der Waals surface area contributed by atoms with Crippen molar-refractivity contribution in [3.8, 4) is 5.75 Å². The topological polar surface area (TPSA) is 64.3 Å². The van der Waals surface area contributed by atoms with Crippen LogP contribution in [0, 0.1) is 5.41 Å². The van der Waals surface area contributed by atoms with E-state index in [1.165, 1.54) is 19.2 Å². The Balaban J connectivity index is 2.29. The predicted molar refractivity (Wildman–Crippen MR) is 67.3 cm³/mol. The number of amides is 1. The molecule has 0 atom stereocenters. The van der Waals surface area contributed by atoms with E-state index in [1.807, 2.05) is 0 Å². The Morgan fingerprint density at radius 1 is 1.45 bits per heavy atom. The maximum absolute atomic E-state index is 13.0. The largest absolute Gasteiger partial charge is 0.497 e. The van der Waals surface area contributed by atoms with Gasteiger partial charge in [0.15, 0.2) is 0 Å². The molecule has 0 heterocycles. The van der Waals surface area contributed by atoms with Crippen LogP contribution in [0.3, 0.4) is 0 Å². The highest BCUT2D eigenvalue weighted by molar-refractivity contribution is 5.98. The molecule has 4 nitrogen and oxygen atoms in total. The van der Waals surface area contributed by atoms with Crippen LogP contribution in [0.15, 0.2) is 18.2 Å². The van der Waals surface area contributed by atoms with Gasteiger partial charge in [-0.25, -0.2) is 0 Å². The summed E-state index contributed by atoms with van der Waals surface area (Å²) in [5, 5.41) is 2.33. The molecular weight excluding hydrogens is 273 g/mol. The van der Waals surface area contributed by atoms with E-state index in [0.29, 0.717) is 12.8 Å². The van der Waals surface area contributed by atoms with E-state index < -0.39 is 23.1 Å². The first-order chi connectivity index (χ1) is 9.32. The Bertz CT molecular complexity index is 525. The Hall–Kier alpha value is -1.76. The van der Waals surface area contributed by atoms with Gasteiger partial charge in [-0.15, -0.1) is 0 Å². The van der Waals surface area contributed by atoms with E-state index in [-0.39, 0.29) is 18.0 Å². The smallest absolute Gasteiger partial charge is 0.418 e. The van der Waals surface area contributed by atoms with E-state index in [1.54, 1.807) is 0 Å². The third-order valence-corrected chi connectivity index (χ3v) is 3.51. The average molecular weight is 288 g/mol. The van der Waals surface area contributed by atoms with Gasteiger partial charge in [-0.3, -0.25) is 4.79 Å². The fourth-order valence-corrected chi connectivity index (χ4v) is 1.92. The molecule has 0 unspecified atom stereocenters. The number of alkyl halides is 3. The van der Waals surface area contributed by atoms with Gasteiger partial charge in [0.25, 0.3) is 0 Å². The molecule has 0 bridgehead atoms. The van der Waals surface area contributed by atoms with Crippen LogP contribution in [0.2, 0.25) is 0 Å². The number of hydrogen-bond acceptors (Lipinski definition) is 3. The second kappa shape index (κ2) is 4.97. The number of rotatable bonds is 4. The lowest BCUT2D eigenvalue weighted by atomic mass is 10.1. The Morgan fingerprint density at radius 2 is 2.10 bits per heavy atom. The zero-order valence-corrected chi connectivity index (χ0v) is 10.9. The molecule has 3 N–H and O–H groups in total. The highest BCUT2D eigenvalue weighted by Crippen LogP contribution is 2.46. The third kappa shape index (κ3) is 2.72. The summed E-state index contributed by atoms with van der Waals surface area (Å²) in [6.45, 7) is 0.135. The molecule has 1 amide bonds. The molecule has 1 aromatic rings. The molecule has 0 spiro atoms. The van der Waals surface area contributed by atoms with Crippen LogP contribution in [-0.2, 0) is 11.0 Å². The van der Waals surface area contributed by atoms with Gasteiger partial charge in [0.1, 0.15) is 5.75 Å². The fourth-order valence-electron chi connectivity index (χ4n) is 1.92. The predicted octanol–water partition coefficient (Wildman–Crippen LogP) is 2.39. The molecule has 7 heteroatoms. The van der Waals surface area contributed by atoms with Crippen molar-refractivity contribution in [1.82, 2.24) is 0 Å². The zero-order valence-electron chi connectivity index (χ0n) is 10.9. The number of carbonyl (C=O) groups excluding carboxylic acids is 1. The number of halogens is 3. The minimum Gasteiger partial charge on any atom is -0.497 e. The van der Waals surface area contributed by atoms with Crippen LogP contribution in [0.25, 0.3) is 0 Å². The number of hydrogen-bond donors (Lipinski definition) is 2. The number of methoxy groups -OCH3 is 1. The summed E-state index contributed by atoms with van der Waals surface area (Å²) in [5.41, 5.74) is 3.58. The van der Waals surface area contributed by atoms with Crippen molar-refractivity contribution in [3.63, 3.8) is 0 Å². The van der Waals surface area contributed by atoms with Gasteiger partial charge < -0.3 is 15.8 Å². The highest BCUT2D eigenvalue weighted by Gasteiger charge is 2.49. The summed E-state index contributed by atoms with van der Waals surface area (Å²) in [7, 11) is 1.28. The summed E-state index contributed by atoms with van der Waals surface area (Å²) < 4.78 is 43.7. The molecular formula is C13H15F3N2O2. The first kappa shape index (κ1) is 14.6. The van der Waals surface area contributed by atoms with Gasteiger partial charge in [0, 0.05) is 6.54 Å². The molecule has 1 fully saturated rings. The number of benzene rings is 1. The van der Waals surface area contributed by atoms with Gasteiger partial charge in [0.2, 0.25) is 5.91 Å². The monoisotopic (exact) mass is 288 g/mol. The first-order valence-corrected chi connectivity index (χ1v) is 6.09. The number of nitrogens with one attached hydrogen (secondary N) is 1. The number of anilines is 1. The van der Waals surface area contributed by atoms with Crippen LogP contribution in [-0.4, -0.2) is 19.6 Å². The van der Waals surface area contributed by atoms with Crippen LogP contribution >= 0.6 is 0 Å². The quantitative estimate of drug-likeness (QED) is 0.894. The third-order valence-electron chi connectivity index (χ3n) is 3.51. The highest BCUT2D eigenvalue weighted by atomic mass is 19.4. The summed E-state index contributed by atoms with van der Waals surface area (Å²) in [5.74, 6) is -0.383. The number of nitrogens with two attached hydrogens (primary N) is 1. The normalized spacial score (nSPS) is 16.6. The molecule has 0 saturated heterocycles. The molecule has 20 heavy (non-hydrogen) atoms.